The molecular weight excluding hydrogens is 236 g/mol. The summed E-state index contributed by atoms with van der Waals surface area (Å²) in [5, 5.41) is 3.19. The number of nitrogens with one attached hydrogen (secondary N) is 1. The fourth-order valence-electron chi connectivity index (χ4n) is 2.05. The Kier molecular flexibility index (Phi) is 6.60. The number of aryl methyl sites for hydroxylation is 1. The van der Waals surface area contributed by atoms with Crippen LogP contribution in [0.25, 0.3) is 0 Å². The summed E-state index contributed by atoms with van der Waals surface area (Å²) in [6.45, 7) is 12.8. The van der Waals surface area contributed by atoms with Crippen LogP contribution in [0, 0.1) is 6.92 Å². The minimum Gasteiger partial charge on any atom is -0.354 e. The lowest BCUT2D eigenvalue weighted by atomic mass is 10.1. The summed E-state index contributed by atoms with van der Waals surface area (Å²) in [7, 11) is 0. The van der Waals surface area contributed by atoms with Gasteiger partial charge >= 0.3 is 0 Å². The first-order valence-electron chi connectivity index (χ1n) is 7.48. The molecule has 1 heterocycles. The van der Waals surface area contributed by atoms with E-state index >= 15 is 0 Å². The van der Waals surface area contributed by atoms with Gasteiger partial charge in [0.05, 0.1) is 0 Å². The molecule has 19 heavy (non-hydrogen) atoms. The lowest BCUT2D eigenvalue weighted by Crippen LogP contribution is -2.35. The quantitative estimate of drug-likeness (QED) is 0.778. The molecule has 4 heteroatoms. The van der Waals surface area contributed by atoms with E-state index in [9.17, 15) is 0 Å². The zero-order valence-electron chi connectivity index (χ0n) is 13.0. The van der Waals surface area contributed by atoms with Gasteiger partial charge in [-0.05, 0) is 33.6 Å². The highest BCUT2D eigenvalue weighted by molar-refractivity contribution is 5.49. The molecule has 0 aliphatic heterocycles. The average molecular weight is 264 g/mol. The van der Waals surface area contributed by atoms with Crippen molar-refractivity contribution in [3.8, 4) is 0 Å². The highest BCUT2D eigenvalue weighted by Crippen LogP contribution is 2.22. The molecule has 0 fully saturated rings. The van der Waals surface area contributed by atoms with Gasteiger partial charge in [-0.2, -0.15) is 4.98 Å². The van der Waals surface area contributed by atoms with Gasteiger partial charge in [-0.15, -0.1) is 0 Å². The summed E-state index contributed by atoms with van der Waals surface area (Å²) in [5.74, 6) is 1.81. The summed E-state index contributed by atoms with van der Waals surface area (Å²) in [4.78, 5) is 11.4. The van der Waals surface area contributed by atoms with E-state index in [0.29, 0.717) is 6.04 Å². The number of anilines is 2. The maximum Gasteiger partial charge on any atom is 0.224 e. The van der Waals surface area contributed by atoms with Crippen LogP contribution in [0.15, 0.2) is 6.20 Å². The first kappa shape index (κ1) is 15.7. The Balaban J connectivity index is 3.01. The number of hydrogen-bond donors (Lipinski definition) is 1. The largest absolute Gasteiger partial charge is 0.354 e. The lowest BCUT2D eigenvalue weighted by molar-refractivity contribution is 0.588. The van der Waals surface area contributed by atoms with Gasteiger partial charge in [-0.3, -0.25) is 0 Å². The van der Waals surface area contributed by atoms with Gasteiger partial charge in [-0.1, -0.05) is 20.3 Å². The highest BCUT2D eigenvalue weighted by Gasteiger charge is 2.16. The van der Waals surface area contributed by atoms with Crippen molar-refractivity contribution in [2.45, 2.75) is 59.9 Å². The molecule has 0 aliphatic carbocycles. The van der Waals surface area contributed by atoms with Gasteiger partial charge in [0, 0.05) is 30.9 Å². The molecule has 108 valence electrons. The Morgan fingerprint density at radius 1 is 1.32 bits per heavy atom. The van der Waals surface area contributed by atoms with Crippen molar-refractivity contribution in [1.29, 1.82) is 0 Å². The minimum atomic E-state index is 0.509. The van der Waals surface area contributed by atoms with Crippen molar-refractivity contribution in [3.63, 3.8) is 0 Å². The summed E-state index contributed by atoms with van der Waals surface area (Å²) < 4.78 is 0. The third kappa shape index (κ3) is 4.37. The van der Waals surface area contributed by atoms with Crippen LogP contribution in [0.4, 0.5) is 11.8 Å². The Hall–Kier alpha value is -1.32. The zero-order valence-corrected chi connectivity index (χ0v) is 13.0. The van der Waals surface area contributed by atoms with E-state index in [-0.39, 0.29) is 0 Å². The molecule has 0 bridgehead atoms. The molecule has 0 spiro atoms. The van der Waals surface area contributed by atoms with Gasteiger partial charge in [0.1, 0.15) is 5.82 Å². The second-order valence-corrected chi connectivity index (χ2v) is 5.03. The van der Waals surface area contributed by atoms with E-state index in [4.69, 9.17) is 0 Å². The summed E-state index contributed by atoms with van der Waals surface area (Å²) >= 11 is 0. The second kappa shape index (κ2) is 7.97. The average Bonchev–Trinajstić information content (AvgIpc) is 2.42. The number of hydrogen-bond acceptors (Lipinski definition) is 4. The van der Waals surface area contributed by atoms with Gasteiger partial charge in [0.25, 0.3) is 0 Å². The van der Waals surface area contributed by atoms with Crippen LogP contribution in [-0.2, 0) is 0 Å². The van der Waals surface area contributed by atoms with E-state index in [0.717, 1.165) is 36.8 Å². The number of rotatable bonds is 8. The van der Waals surface area contributed by atoms with Gasteiger partial charge in [0.2, 0.25) is 5.95 Å². The highest BCUT2D eigenvalue weighted by atomic mass is 15.2. The second-order valence-electron chi connectivity index (χ2n) is 5.03. The van der Waals surface area contributed by atoms with Crippen molar-refractivity contribution >= 4 is 11.8 Å². The van der Waals surface area contributed by atoms with Gasteiger partial charge in [-0.25, -0.2) is 4.98 Å². The molecule has 1 unspecified atom stereocenters. The van der Waals surface area contributed by atoms with Gasteiger partial charge < -0.3 is 10.2 Å². The Bertz CT molecular complexity index is 378. The number of nitrogens with zero attached hydrogens (tertiary/aromatic N) is 3. The fourth-order valence-corrected chi connectivity index (χ4v) is 2.05. The Morgan fingerprint density at radius 2 is 2.05 bits per heavy atom. The molecule has 0 saturated carbocycles. The first-order chi connectivity index (χ1) is 9.13. The third-order valence-corrected chi connectivity index (χ3v) is 3.43. The smallest absolute Gasteiger partial charge is 0.224 e. The summed E-state index contributed by atoms with van der Waals surface area (Å²) in [5.41, 5.74) is 1.15. The molecule has 0 aliphatic rings. The van der Waals surface area contributed by atoms with Crippen molar-refractivity contribution in [2.75, 3.05) is 23.3 Å². The zero-order chi connectivity index (χ0) is 14.3. The molecule has 4 nitrogen and oxygen atoms in total. The Morgan fingerprint density at radius 3 is 2.63 bits per heavy atom. The molecule has 0 aromatic carbocycles. The number of unbranched alkanes of at least 4 members (excludes halogenated alkanes) is 1. The normalized spacial score (nSPS) is 12.3. The van der Waals surface area contributed by atoms with Crippen molar-refractivity contribution < 1.29 is 0 Å². The van der Waals surface area contributed by atoms with Crippen LogP contribution in [-0.4, -0.2) is 29.1 Å². The van der Waals surface area contributed by atoms with Crippen LogP contribution in [0.1, 0.15) is 52.5 Å². The van der Waals surface area contributed by atoms with Crippen LogP contribution in [0.3, 0.4) is 0 Å². The van der Waals surface area contributed by atoms with Crippen LogP contribution in [0.5, 0.6) is 0 Å². The third-order valence-electron chi connectivity index (χ3n) is 3.43. The monoisotopic (exact) mass is 264 g/mol. The molecule has 0 saturated heterocycles. The first-order valence-corrected chi connectivity index (χ1v) is 7.48. The standard InChI is InChI=1S/C15H28N4/c1-6-9-10-19(13(5)7-2)14-12(4)11-17-15(18-14)16-8-3/h11,13H,6-10H2,1-5H3,(H,16,17,18). The summed E-state index contributed by atoms with van der Waals surface area (Å²) in [6.07, 6.45) is 5.45. The molecule has 1 aromatic rings. The van der Waals surface area contributed by atoms with E-state index in [1.807, 2.05) is 6.20 Å². The van der Waals surface area contributed by atoms with E-state index in [1.54, 1.807) is 0 Å². The van der Waals surface area contributed by atoms with E-state index in [1.165, 1.54) is 12.8 Å². The SMILES string of the molecule is CCCCN(c1nc(NCC)ncc1C)C(C)CC. The topological polar surface area (TPSA) is 41.1 Å². The van der Waals surface area contributed by atoms with E-state index in [2.05, 4.69) is 54.8 Å². The maximum absolute atomic E-state index is 4.69. The molecule has 0 radical (unpaired) electrons. The van der Waals surface area contributed by atoms with E-state index < -0.39 is 0 Å². The van der Waals surface area contributed by atoms with Crippen molar-refractivity contribution in [2.24, 2.45) is 0 Å². The van der Waals surface area contributed by atoms with Crippen LogP contribution < -0.4 is 10.2 Å². The van der Waals surface area contributed by atoms with Gasteiger partial charge in [0.15, 0.2) is 0 Å². The molecule has 1 aromatic heterocycles. The molecule has 0 amide bonds. The summed E-state index contributed by atoms with van der Waals surface area (Å²) in [6, 6.07) is 0.509. The minimum absolute atomic E-state index is 0.509. The lowest BCUT2D eigenvalue weighted by Gasteiger charge is -2.31. The van der Waals surface area contributed by atoms with Crippen LogP contribution >= 0.6 is 0 Å². The van der Waals surface area contributed by atoms with Crippen LogP contribution in [0.2, 0.25) is 0 Å². The predicted molar refractivity (Wildman–Crippen MR) is 82.9 cm³/mol. The maximum atomic E-state index is 4.69. The Labute approximate surface area is 117 Å². The molecular formula is C15H28N4. The molecule has 1 atom stereocenters. The van der Waals surface area contributed by atoms with Crippen molar-refractivity contribution in [1.82, 2.24) is 9.97 Å². The predicted octanol–water partition coefficient (Wildman–Crippen LogP) is 3.62. The fraction of sp³-hybridized carbons (Fsp3) is 0.733. The van der Waals surface area contributed by atoms with Crippen molar-refractivity contribution in [3.05, 3.63) is 11.8 Å². The molecule has 1 rings (SSSR count). The number of aromatic nitrogens is 2. The molecule has 1 N–H and O–H groups in total.